The number of aromatic amines is 1. The van der Waals surface area contributed by atoms with E-state index in [4.69, 9.17) is 4.74 Å². The molecule has 2 saturated heterocycles. The van der Waals surface area contributed by atoms with Gasteiger partial charge in [-0.2, -0.15) is 0 Å². The fourth-order valence-corrected chi connectivity index (χ4v) is 4.25. The number of aryl methyl sites for hydroxylation is 1. The minimum absolute atomic E-state index is 0.112. The van der Waals surface area contributed by atoms with E-state index in [1.165, 1.54) is 20.0 Å². The first kappa shape index (κ1) is 21.4. The average molecular weight is 405 g/mol. The predicted molar refractivity (Wildman–Crippen MR) is 109 cm³/mol. The highest BCUT2D eigenvalue weighted by molar-refractivity contribution is 6.00. The normalized spacial score (nSPS) is 18.4. The maximum atomic E-state index is 13.0. The molecule has 8 nitrogen and oxygen atoms in total. The lowest BCUT2D eigenvalue weighted by Crippen LogP contribution is -2.51. The van der Waals surface area contributed by atoms with Gasteiger partial charge in [-0.1, -0.05) is 12.8 Å². The summed E-state index contributed by atoms with van der Waals surface area (Å²) in [6.07, 6.45) is 4.60. The van der Waals surface area contributed by atoms with Crippen molar-refractivity contribution >= 4 is 17.8 Å². The monoisotopic (exact) mass is 404 g/mol. The van der Waals surface area contributed by atoms with Crippen molar-refractivity contribution in [3.63, 3.8) is 0 Å². The second kappa shape index (κ2) is 9.43. The van der Waals surface area contributed by atoms with Crippen LogP contribution in [0.25, 0.3) is 0 Å². The van der Waals surface area contributed by atoms with E-state index in [1.807, 2.05) is 4.90 Å². The van der Waals surface area contributed by atoms with Crippen molar-refractivity contribution in [1.29, 1.82) is 0 Å². The lowest BCUT2D eigenvalue weighted by Gasteiger charge is -2.35. The maximum absolute atomic E-state index is 13.0. The van der Waals surface area contributed by atoms with E-state index < -0.39 is 5.97 Å². The van der Waals surface area contributed by atoms with E-state index in [9.17, 15) is 14.4 Å². The van der Waals surface area contributed by atoms with E-state index in [0.717, 1.165) is 25.9 Å². The third-order valence-electron chi connectivity index (χ3n) is 6.02. The Labute approximate surface area is 172 Å². The molecule has 0 aromatic carbocycles. The van der Waals surface area contributed by atoms with Crippen LogP contribution in [0.5, 0.6) is 0 Å². The molecule has 160 valence electrons. The summed E-state index contributed by atoms with van der Waals surface area (Å²) in [6, 6.07) is 0. The summed E-state index contributed by atoms with van der Waals surface area (Å²) in [5.41, 5.74) is 2.13. The van der Waals surface area contributed by atoms with Crippen molar-refractivity contribution in [2.24, 2.45) is 0 Å². The highest BCUT2D eigenvalue weighted by Crippen LogP contribution is 2.21. The minimum Gasteiger partial charge on any atom is -0.465 e. The summed E-state index contributed by atoms with van der Waals surface area (Å²) in [5, 5.41) is 0. The molecule has 1 aromatic rings. The van der Waals surface area contributed by atoms with Gasteiger partial charge in [0, 0.05) is 45.0 Å². The van der Waals surface area contributed by atoms with Crippen molar-refractivity contribution < 1.29 is 19.1 Å². The van der Waals surface area contributed by atoms with Crippen molar-refractivity contribution in [2.75, 3.05) is 52.9 Å². The molecule has 1 N–H and O–H groups in total. The Morgan fingerprint density at radius 1 is 0.897 bits per heavy atom. The van der Waals surface area contributed by atoms with Crippen LogP contribution in [-0.4, -0.2) is 90.4 Å². The largest absolute Gasteiger partial charge is 0.465 e. The minimum atomic E-state index is -0.438. The van der Waals surface area contributed by atoms with Crippen LogP contribution in [0.15, 0.2) is 0 Å². The molecule has 3 rings (SSSR count). The highest BCUT2D eigenvalue weighted by Gasteiger charge is 2.29. The fraction of sp³-hybridized carbons (Fsp3) is 0.667. The molecular formula is C21H32N4O4. The Bertz CT molecular complexity index is 757. The van der Waals surface area contributed by atoms with Gasteiger partial charge in [0.2, 0.25) is 5.91 Å². The number of methoxy groups -OCH3 is 1. The number of likely N-dealkylation sites (tertiary alicyclic amines) is 1. The topological polar surface area (TPSA) is 86.0 Å². The quantitative estimate of drug-likeness (QED) is 0.770. The lowest BCUT2D eigenvalue weighted by atomic mass is 10.1. The second-order valence-electron chi connectivity index (χ2n) is 7.98. The number of esters is 1. The number of hydrogen-bond donors (Lipinski definition) is 1. The zero-order valence-electron chi connectivity index (χ0n) is 17.8. The van der Waals surface area contributed by atoms with Crippen LogP contribution >= 0.6 is 0 Å². The van der Waals surface area contributed by atoms with Crippen LogP contribution in [0, 0.1) is 13.8 Å². The van der Waals surface area contributed by atoms with E-state index >= 15 is 0 Å². The van der Waals surface area contributed by atoms with Gasteiger partial charge in [-0.3, -0.25) is 14.5 Å². The molecule has 0 aliphatic carbocycles. The van der Waals surface area contributed by atoms with Crippen molar-refractivity contribution in [3.05, 3.63) is 22.5 Å². The molecule has 2 fully saturated rings. The van der Waals surface area contributed by atoms with Gasteiger partial charge in [0.15, 0.2) is 0 Å². The highest BCUT2D eigenvalue weighted by atomic mass is 16.5. The molecular weight excluding hydrogens is 372 g/mol. The number of amides is 2. The summed E-state index contributed by atoms with van der Waals surface area (Å²) in [5.74, 6) is -0.350. The number of nitrogens with zero attached hydrogens (tertiary/aromatic N) is 3. The smallest absolute Gasteiger partial charge is 0.339 e. The Morgan fingerprint density at radius 2 is 1.52 bits per heavy atom. The molecule has 0 spiro atoms. The number of hydrogen-bond acceptors (Lipinski definition) is 5. The van der Waals surface area contributed by atoms with Gasteiger partial charge < -0.3 is 19.5 Å². The van der Waals surface area contributed by atoms with Crippen LogP contribution in [0.2, 0.25) is 0 Å². The SMILES string of the molecule is COC(=O)c1c(C)[nH]c(C(=O)N2CCN(CC(=O)N3CCCCCC3)CC2)c1C. The number of ether oxygens (including phenoxy) is 1. The summed E-state index contributed by atoms with van der Waals surface area (Å²) in [7, 11) is 1.34. The second-order valence-corrected chi connectivity index (χ2v) is 7.98. The number of rotatable bonds is 4. The first-order chi connectivity index (χ1) is 13.9. The van der Waals surface area contributed by atoms with E-state index in [0.29, 0.717) is 55.2 Å². The van der Waals surface area contributed by atoms with E-state index in [1.54, 1.807) is 18.7 Å². The van der Waals surface area contributed by atoms with Gasteiger partial charge >= 0.3 is 5.97 Å². The molecule has 8 heteroatoms. The molecule has 0 saturated carbocycles. The third kappa shape index (κ3) is 4.80. The average Bonchev–Trinajstić information content (AvgIpc) is 2.90. The molecule has 2 amide bonds. The number of piperazine rings is 1. The number of nitrogens with one attached hydrogen (secondary N) is 1. The Hall–Kier alpha value is -2.35. The molecule has 2 aliphatic rings. The first-order valence-corrected chi connectivity index (χ1v) is 10.5. The van der Waals surface area contributed by atoms with Crippen LogP contribution < -0.4 is 0 Å². The van der Waals surface area contributed by atoms with Crippen LogP contribution in [0.1, 0.15) is 57.8 Å². The van der Waals surface area contributed by atoms with Gasteiger partial charge in [0.25, 0.3) is 5.91 Å². The predicted octanol–water partition coefficient (Wildman–Crippen LogP) is 1.58. The number of aromatic nitrogens is 1. The Kier molecular flexibility index (Phi) is 6.95. The summed E-state index contributed by atoms with van der Waals surface area (Å²) >= 11 is 0. The number of carbonyl (C=O) groups is 3. The molecule has 0 unspecified atom stereocenters. The standard InChI is InChI=1S/C21H32N4O4/c1-15-18(21(28)29-3)16(2)22-19(15)20(27)25-12-10-23(11-13-25)14-17(26)24-8-6-4-5-7-9-24/h22H,4-14H2,1-3H3. The molecule has 0 bridgehead atoms. The fourth-order valence-electron chi connectivity index (χ4n) is 4.25. The molecule has 1 aromatic heterocycles. The summed E-state index contributed by atoms with van der Waals surface area (Å²) in [4.78, 5) is 46.5. The number of carbonyl (C=O) groups excluding carboxylic acids is 3. The van der Waals surface area contributed by atoms with Gasteiger partial charge in [-0.25, -0.2) is 4.79 Å². The summed E-state index contributed by atoms with van der Waals surface area (Å²) < 4.78 is 4.82. The van der Waals surface area contributed by atoms with Gasteiger partial charge in [-0.05, 0) is 32.3 Å². The van der Waals surface area contributed by atoms with Crippen molar-refractivity contribution in [2.45, 2.75) is 39.5 Å². The first-order valence-electron chi connectivity index (χ1n) is 10.5. The third-order valence-corrected chi connectivity index (χ3v) is 6.02. The zero-order valence-corrected chi connectivity index (χ0v) is 17.8. The van der Waals surface area contributed by atoms with Crippen molar-refractivity contribution in [3.8, 4) is 0 Å². The molecule has 29 heavy (non-hydrogen) atoms. The molecule has 0 radical (unpaired) electrons. The van der Waals surface area contributed by atoms with E-state index in [2.05, 4.69) is 9.88 Å². The van der Waals surface area contributed by atoms with Crippen LogP contribution in [0.4, 0.5) is 0 Å². The van der Waals surface area contributed by atoms with Gasteiger partial charge in [0.05, 0.1) is 19.2 Å². The number of H-pyrrole nitrogens is 1. The molecule has 2 aliphatic heterocycles. The van der Waals surface area contributed by atoms with Crippen LogP contribution in [0.3, 0.4) is 0 Å². The maximum Gasteiger partial charge on any atom is 0.339 e. The van der Waals surface area contributed by atoms with Crippen molar-refractivity contribution in [1.82, 2.24) is 19.7 Å². The summed E-state index contributed by atoms with van der Waals surface area (Å²) in [6.45, 7) is 8.17. The van der Waals surface area contributed by atoms with Gasteiger partial charge in [0.1, 0.15) is 5.69 Å². The van der Waals surface area contributed by atoms with Crippen LogP contribution in [-0.2, 0) is 9.53 Å². The Morgan fingerprint density at radius 3 is 2.10 bits per heavy atom. The lowest BCUT2D eigenvalue weighted by molar-refractivity contribution is -0.132. The van der Waals surface area contributed by atoms with Gasteiger partial charge in [-0.15, -0.1) is 0 Å². The Balaban J connectivity index is 1.56. The molecule has 3 heterocycles. The molecule has 0 atom stereocenters. The zero-order chi connectivity index (χ0) is 21.0. The van der Waals surface area contributed by atoms with E-state index in [-0.39, 0.29) is 11.8 Å².